The van der Waals surface area contributed by atoms with E-state index in [9.17, 15) is 39.6 Å². The van der Waals surface area contributed by atoms with Gasteiger partial charge in [0.1, 0.15) is 29.8 Å². The number of cyclic esters (lactones) is 1. The Kier molecular flexibility index (Phi) is 18.9. The zero-order valence-electron chi connectivity index (χ0n) is 36.5. The van der Waals surface area contributed by atoms with Crippen LogP contribution in [0.4, 0.5) is 0 Å². The Bertz CT molecular complexity index is 1790. The highest BCUT2D eigenvalue weighted by molar-refractivity contribution is 6.04. The fourth-order valence-electron chi connectivity index (χ4n) is 7.71. The number of methoxy groups -OCH3 is 2. The Labute approximate surface area is 354 Å². The summed E-state index contributed by atoms with van der Waals surface area (Å²) in [5.41, 5.74) is 1.45. The molecule has 1 aliphatic carbocycles. The highest BCUT2D eigenvalue weighted by atomic mass is 16.6. The van der Waals surface area contributed by atoms with E-state index in [1.54, 1.807) is 64.2 Å². The molecule has 0 saturated carbocycles. The van der Waals surface area contributed by atoms with E-state index < -0.39 is 83.8 Å². The first-order valence-corrected chi connectivity index (χ1v) is 20.5. The van der Waals surface area contributed by atoms with Crippen LogP contribution >= 0.6 is 0 Å². The smallest absolute Gasteiger partial charge is 0.373 e. The van der Waals surface area contributed by atoms with Crippen molar-refractivity contribution in [3.05, 3.63) is 95.2 Å². The summed E-state index contributed by atoms with van der Waals surface area (Å²) in [5, 5.41) is 47.5. The minimum atomic E-state index is -2.10. The highest BCUT2D eigenvalue weighted by Gasteiger charge is 2.52. The summed E-state index contributed by atoms with van der Waals surface area (Å²) in [4.78, 5) is 51.3. The van der Waals surface area contributed by atoms with Gasteiger partial charge in [0.05, 0.1) is 25.4 Å². The number of ether oxygens (including phenoxy) is 5. The third-order valence-electron chi connectivity index (χ3n) is 11.5. The molecule has 5 N–H and O–H groups in total. The van der Waals surface area contributed by atoms with Gasteiger partial charge in [0.2, 0.25) is 11.7 Å². The molecule has 0 aromatic heterocycles. The predicted octanol–water partition coefficient (Wildman–Crippen LogP) is 5.52. The average Bonchev–Trinajstić information content (AvgIpc) is 3.52. The number of nitrogens with one attached hydrogen (secondary N) is 1. The summed E-state index contributed by atoms with van der Waals surface area (Å²) in [6.45, 7) is 14.5. The molecule has 2 aliphatic heterocycles. The Hall–Kier alpha value is -4.60. The molecule has 3 aliphatic rings. The largest absolute Gasteiger partial charge is 0.510 e. The summed E-state index contributed by atoms with van der Waals surface area (Å²) in [5.74, 6) is -8.21. The molecule has 0 spiro atoms. The Morgan fingerprint density at radius 1 is 1.07 bits per heavy atom. The van der Waals surface area contributed by atoms with Crippen molar-refractivity contribution >= 4 is 23.6 Å². The molecule has 14 heteroatoms. The summed E-state index contributed by atoms with van der Waals surface area (Å²) >= 11 is 0. The van der Waals surface area contributed by atoms with Crippen molar-refractivity contribution in [2.75, 3.05) is 14.2 Å². The van der Waals surface area contributed by atoms with Crippen molar-refractivity contribution < 1.29 is 63.3 Å². The molecule has 60 heavy (non-hydrogen) atoms. The van der Waals surface area contributed by atoms with Crippen LogP contribution in [-0.2, 0) is 42.9 Å². The predicted molar refractivity (Wildman–Crippen MR) is 224 cm³/mol. The van der Waals surface area contributed by atoms with Crippen LogP contribution in [0.15, 0.2) is 95.2 Å². The number of Topliss-reactive ketones (excluding diaryl/α,β-unsaturated/α-hetero) is 1. The highest BCUT2D eigenvalue weighted by Crippen LogP contribution is 2.41. The Balaban J connectivity index is 1.96. The van der Waals surface area contributed by atoms with Crippen molar-refractivity contribution in [2.24, 2.45) is 29.6 Å². The number of hydrogen-bond acceptors (Lipinski definition) is 13. The van der Waals surface area contributed by atoms with E-state index in [1.807, 2.05) is 39.8 Å². The number of ketones is 1. The SMILES string of the molecule is C/C=C/C=C/C1OC(O)(C(C)C(O)C(C)C2OC(=O)/C(OC)=C/C(C)=C/C(C)C(O)C(C)C/C(C)=C/C=C/C2OC)CC(OC(=O)/C=C/C(=O)NC2=C(O)CCC2=O)C1C. The van der Waals surface area contributed by atoms with Gasteiger partial charge in [-0.15, -0.1) is 0 Å². The molecule has 14 nitrogen and oxygen atoms in total. The summed E-state index contributed by atoms with van der Waals surface area (Å²) in [6, 6.07) is 0. The number of amides is 1. The van der Waals surface area contributed by atoms with Gasteiger partial charge in [0.15, 0.2) is 11.6 Å². The van der Waals surface area contributed by atoms with Crippen LogP contribution in [0, 0.1) is 29.6 Å². The van der Waals surface area contributed by atoms with Crippen LogP contribution < -0.4 is 5.32 Å². The number of aliphatic hydroxyl groups is 4. The third-order valence-corrected chi connectivity index (χ3v) is 11.5. The van der Waals surface area contributed by atoms with E-state index in [2.05, 4.69) is 5.32 Å². The first kappa shape index (κ1) is 49.8. The molecule has 2 heterocycles. The minimum Gasteiger partial charge on any atom is -0.510 e. The molecule has 12 unspecified atom stereocenters. The van der Waals surface area contributed by atoms with Gasteiger partial charge in [-0.25, -0.2) is 9.59 Å². The van der Waals surface area contributed by atoms with Gasteiger partial charge in [-0.2, -0.15) is 0 Å². The molecule has 1 fully saturated rings. The van der Waals surface area contributed by atoms with Crippen LogP contribution in [-0.4, -0.2) is 101 Å². The molecule has 12 atom stereocenters. The molecular formula is C46H65NO13. The van der Waals surface area contributed by atoms with Crippen LogP contribution in [0.5, 0.6) is 0 Å². The third kappa shape index (κ3) is 13.5. The molecule has 0 bridgehead atoms. The van der Waals surface area contributed by atoms with Crippen LogP contribution in [0.25, 0.3) is 0 Å². The molecule has 0 aromatic carbocycles. The number of hydrogen-bond donors (Lipinski definition) is 5. The van der Waals surface area contributed by atoms with E-state index >= 15 is 0 Å². The maximum Gasteiger partial charge on any atom is 0.373 e. The lowest BCUT2D eigenvalue weighted by Gasteiger charge is -2.48. The maximum atomic E-state index is 13.8. The van der Waals surface area contributed by atoms with Gasteiger partial charge in [-0.1, -0.05) is 94.4 Å². The molecule has 0 radical (unpaired) electrons. The van der Waals surface area contributed by atoms with Crippen molar-refractivity contribution in [1.29, 1.82) is 0 Å². The van der Waals surface area contributed by atoms with Crippen LogP contribution in [0.2, 0.25) is 0 Å². The number of aliphatic hydroxyl groups excluding tert-OH is 3. The van der Waals surface area contributed by atoms with Crippen LogP contribution in [0.1, 0.15) is 81.1 Å². The molecule has 1 amide bonds. The van der Waals surface area contributed by atoms with Crippen LogP contribution in [0.3, 0.4) is 0 Å². The number of rotatable bonds is 12. The Morgan fingerprint density at radius 2 is 1.77 bits per heavy atom. The fraction of sp³-hybridized carbons (Fsp3) is 0.565. The summed E-state index contributed by atoms with van der Waals surface area (Å²) < 4.78 is 29.4. The van der Waals surface area contributed by atoms with Gasteiger partial charge in [-0.3, -0.25) is 9.59 Å². The summed E-state index contributed by atoms with van der Waals surface area (Å²) in [7, 11) is 2.78. The monoisotopic (exact) mass is 839 g/mol. The lowest BCUT2D eigenvalue weighted by Crippen LogP contribution is -2.58. The van der Waals surface area contributed by atoms with E-state index in [0.717, 1.165) is 17.7 Å². The van der Waals surface area contributed by atoms with Gasteiger partial charge < -0.3 is 49.4 Å². The van der Waals surface area contributed by atoms with Gasteiger partial charge in [0, 0.05) is 62.2 Å². The van der Waals surface area contributed by atoms with Crippen molar-refractivity contribution in [3.63, 3.8) is 0 Å². The maximum absolute atomic E-state index is 13.8. The van der Waals surface area contributed by atoms with Gasteiger partial charge >= 0.3 is 11.9 Å². The van der Waals surface area contributed by atoms with Crippen molar-refractivity contribution in [1.82, 2.24) is 5.32 Å². The second-order valence-corrected chi connectivity index (χ2v) is 16.2. The molecule has 0 aromatic rings. The van der Waals surface area contributed by atoms with Gasteiger partial charge in [-0.05, 0) is 39.2 Å². The van der Waals surface area contributed by atoms with Gasteiger partial charge in [0.25, 0.3) is 0 Å². The lowest BCUT2D eigenvalue weighted by molar-refractivity contribution is -0.314. The van der Waals surface area contributed by atoms with E-state index in [1.165, 1.54) is 20.3 Å². The molecular weight excluding hydrogens is 774 g/mol. The number of esters is 2. The first-order chi connectivity index (χ1) is 28.3. The molecule has 332 valence electrons. The molecule has 1 saturated heterocycles. The number of allylic oxidation sites excluding steroid dienone is 10. The number of carbonyl (C=O) groups is 4. The lowest BCUT2D eigenvalue weighted by atomic mass is 9.77. The van der Waals surface area contributed by atoms with E-state index in [-0.39, 0.29) is 48.3 Å². The average molecular weight is 840 g/mol. The van der Waals surface area contributed by atoms with E-state index in [0.29, 0.717) is 12.0 Å². The first-order valence-electron chi connectivity index (χ1n) is 20.5. The normalized spacial score (nSPS) is 34.9. The van der Waals surface area contributed by atoms with Crippen molar-refractivity contribution in [3.8, 4) is 0 Å². The quantitative estimate of drug-likeness (QED) is 0.0933. The second-order valence-electron chi connectivity index (χ2n) is 16.2. The summed E-state index contributed by atoms with van der Waals surface area (Å²) in [6.07, 6.45) is 12.2. The van der Waals surface area contributed by atoms with Crippen molar-refractivity contribution in [2.45, 2.75) is 123 Å². The second kappa shape index (κ2) is 22.8. The van der Waals surface area contributed by atoms with E-state index in [4.69, 9.17) is 23.7 Å². The molecule has 3 rings (SSSR count). The zero-order chi connectivity index (χ0) is 44.9. The standard InChI is InChI=1S/C46H65NO13/c1-11-12-13-16-35-30(6)38(58-40(51)21-20-39(50)47-41-33(48)18-19-34(41)49)25-46(55,60-35)32(8)43(53)31(7)44-36(56-9)17-14-15-26(2)22-28(4)42(52)29(5)23-27(3)24-37(57-10)45(54)59-44/h11-17,20-21,23-24,28-32,35-36,38,42-44,48,52-53,55H,18-19,22,25H2,1-10H3,(H,47,50)/b12-11+,16-13+,17-14+,21-20+,26-15+,27-23+,37-24-. The number of carbonyl (C=O) groups excluding carboxylic acids is 4. The topological polar surface area (TPSA) is 207 Å². The minimum absolute atomic E-state index is 0.0655. The Morgan fingerprint density at radius 3 is 2.38 bits per heavy atom. The zero-order valence-corrected chi connectivity index (χ0v) is 36.5. The fourth-order valence-corrected chi connectivity index (χ4v) is 7.71.